The summed E-state index contributed by atoms with van der Waals surface area (Å²) in [5.74, 6) is 0.532. The molecule has 3 rings (SSSR count). The average molecular weight is 377 g/mol. The summed E-state index contributed by atoms with van der Waals surface area (Å²) in [6, 6.07) is 2.19. The molecule has 0 unspecified atom stereocenters. The Kier molecular flexibility index (Phi) is 7.15. The lowest BCUT2D eigenvalue weighted by molar-refractivity contribution is -0.146. The Labute approximate surface area is 161 Å². The summed E-state index contributed by atoms with van der Waals surface area (Å²) in [7, 11) is 1.46. The van der Waals surface area contributed by atoms with Gasteiger partial charge in [0.15, 0.2) is 0 Å². The van der Waals surface area contributed by atoms with E-state index in [1.54, 1.807) is 6.20 Å². The van der Waals surface area contributed by atoms with Crippen molar-refractivity contribution in [3.05, 3.63) is 12.3 Å². The summed E-state index contributed by atoms with van der Waals surface area (Å²) in [5.41, 5.74) is 7.57. The molecule has 0 atom stereocenters. The smallest absolute Gasteiger partial charge is 0.308 e. The van der Waals surface area contributed by atoms with Crippen molar-refractivity contribution in [2.45, 2.75) is 51.0 Å². The van der Waals surface area contributed by atoms with Crippen molar-refractivity contribution < 1.29 is 14.3 Å². The van der Waals surface area contributed by atoms with Gasteiger partial charge in [-0.05, 0) is 51.6 Å². The summed E-state index contributed by atoms with van der Waals surface area (Å²) in [5, 5.41) is 3.50. The lowest BCUT2D eigenvalue weighted by Crippen LogP contribution is -2.33. The van der Waals surface area contributed by atoms with E-state index in [0.29, 0.717) is 24.2 Å². The van der Waals surface area contributed by atoms with E-state index in [1.165, 1.54) is 39.5 Å². The molecule has 2 aliphatic rings. The number of hydrogen-bond acceptors (Lipinski definition) is 7. The van der Waals surface area contributed by atoms with Gasteiger partial charge < -0.3 is 20.5 Å². The second kappa shape index (κ2) is 9.78. The van der Waals surface area contributed by atoms with Crippen LogP contribution in [0, 0.1) is 5.92 Å². The maximum atomic E-state index is 11.7. The van der Waals surface area contributed by atoms with Gasteiger partial charge in [-0.1, -0.05) is 6.42 Å². The van der Waals surface area contributed by atoms with Gasteiger partial charge in [-0.15, -0.1) is 0 Å². The average Bonchev–Trinajstić information content (AvgIpc) is 2.71. The molecule has 3 N–H and O–H groups in total. The van der Waals surface area contributed by atoms with Crippen LogP contribution in [-0.2, 0) is 9.53 Å². The van der Waals surface area contributed by atoms with Gasteiger partial charge in [-0.2, -0.15) is 0 Å². The first-order valence-corrected chi connectivity index (χ1v) is 10.1. The number of nitrogens with zero attached hydrogens (tertiary/aromatic N) is 2. The molecule has 1 aromatic rings. The molecule has 1 aromatic heterocycles. The van der Waals surface area contributed by atoms with E-state index in [9.17, 15) is 4.79 Å². The van der Waals surface area contributed by atoms with Crippen molar-refractivity contribution in [2.75, 3.05) is 44.4 Å². The van der Waals surface area contributed by atoms with Gasteiger partial charge in [-0.3, -0.25) is 9.69 Å². The van der Waals surface area contributed by atoms with Crippen molar-refractivity contribution in [2.24, 2.45) is 5.92 Å². The highest BCUT2D eigenvalue weighted by molar-refractivity contribution is 5.72. The number of nitrogens with two attached hydrogens (primary N) is 1. The molecule has 150 valence electrons. The molecular weight excluding hydrogens is 344 g/mol. The summed E-state index contributed by atoms with van der Waals surface area (Å²) in [6.07, 6.45) is 9.09. The zero-order valence-corrected chi connectivity index (χ0v) is 16.3. The molecule has 0 amide bonds. The second-order valence-electron chi connectivity index (χ2n) is 7.58. The van der Waals surface area contributed by atoms with Crippen LogP contribution < -0.4 is 15.8 Å². The zero-order chi connectivity index (χ0) is 19.1. The Morgan fingerprint density at radius 1 is 1.26 bits per heavy atom. The molecule has 1 aliphatic carbocycles. The second-order valence-corrected chi connectivity index (χ2v) is 7.58. The van der Waals surface area contributed by atoms with Crippen molar-refractivity contribution in [1.29, 1.82) is 0 Å². The third kappa shape index (κ3) is 5.73. The predicted octanol–water partition coefficient (Wildman–Crippen LogP) is 2.67. The highest BCUT2D eigenvalue weighted by Crippen LogP contribution is 2.30. The maximum absolute atomic E-state index is 11.7. The number of piperidine rings is 1. The first kappa shape index (κ1) is 19.7. The number of rotatable bonds is 7. The summed E-state index contributed by atoms with van der Waals surface area (Å²) >= 11 is 0. The fraction of sp³-hybridized carbons (Fsp3) is 0.700. The summed E-state index contributed by atoms with van der Waals surface area (Å²) in [4.78, 5) is 18.4. The molecule has 2 heterocycles. The number of hydrogen-bond donors (Lipinski definition) is 2. The van der Waals surface area contributed by atoms with Gasteiger partial charge in [0.05, 0.1) is 30.6 Å². The van der Waals surface area contributed by atoms with Crippen LogP contribution in [0.3, 0.4) is 0 Å². The molecule has 0 spiro atoms. The lowest BCUT2D eigenvalue weighted by atomic mass is 9.86. The van der Waals surface area contributed by atoms with E-state index < -0.39 is 0 Å². The highest BCUT2D eigenvalue weighted by atomic mass is 16.5. The van der Waals surface area contributed by atoms with E-state index in [4.69, 9.17) is 15.2 Å². The first-order chi connectivity index (χ1) is 13.2. The minimum Gasteiger partial charge on any atom is -0.476 e. The third-order valence-electron chi connectivity index (χ3n) is 5.64. The molecular formula is C20H32N4O3. The van der Waals surface area contributed by atoms with Gasteiger partial charge in [0.25, 0.3) is 0 Å². The number of nitrogens with one attached hydrogen (secondary N) is 1. The number of aromatic nitrogens is 1. The van der Waals surface area contributed by atoms with Crippen LogP contribution in [0.5, 0.6) is 5.88 Å². The highest BCUT2D eigenvalue weighted by Gasteiger charge is 2.27. The van der Waals surface area contributed by atoms with Crippen LogP contribution in [0.4, 0.5) is 11.4 Å². The number of anilines is 2. The molecule has 0 radical (unpaired) electrons. The van der Waals surface area contributed by atoms with Crippen LogP contribution in [0.1, 0.15) is 44.9 Å². The minimum absolute atomic E-state index is 0.0246. The van der Waals surface area contributed by atoms with Gasteiger partial charge in [0.1, 0.15) is 6.61 Å². The van der Waals surface area contributed by atoms with E-state index in [0.717, 1.165) is 37.9 Å². The molecule has 1 aliphatic heterocycles. The van der Waals surface area contributed by atoms with Crippen molar-refractivity contribution in [1.82, 2.24) is 9.88 Å². The number of methoxy groups -OCH3 is 1. The molecule has 2 fully saturated rings. The van der Waals surface area contributed by atoms with E-state index in [-0.39, 0.29) is 11.9 Å². The monoisotopic (exact) mass is 376 g/mol. The number of carbonyl (C=O) groups excluding carboxylic acids is 1. The Balaban J connectivity index is 1.47. The van der Waals surface area contributed by atoms with Crippen LogP contribution in [0.25, 0.3) is 0 Å². The van der Waals surface area contributed by atoms with Crippen LogP contribution in [-0.4, -0.2) is 55.2 Å². The molecule has 27 heavy (non-hydrogen) atoms. The van der Waals surface area contributed by atoms with Crippen molar-refractivity contribution in [3.8, 4) is 5.88 Å². The molecule has 0 bridgehead atoms. The standard InChI is InChI=1S/C20H32N4O3/c1-26-20(25)15-5-7-16(8-6-15)23-18-13-19(22-14-17(18)21)27-12-11-24-9-3-2-4-10-24/h13-16H,2-12,21H2,1H3,(H,22,23)/t15-,16+. The number of likely N-dealkylation sites (tertiary alicyclic amines) is 1. The molecule has 7 nitrogen and oxygen atoms in total. The quantitative estimate of drug-likeness (QED) is 0.707. The Morgan fingerprint density at radius 3 is 2.70 bits per heavy atom. The fourth-order valence-corrected chi connectivity index (χ4v) is 3.97. The van der Waals surface area contributed by atoms with Gasteiger partial charge in [-0.25, -0.2) is 4.98 Å². The van der Waals surface area contributed by atoms with Crippen molar-refractivity contribution >= 4 is 17.3 Å². The third-order valence-corrected chi connectivity index (χ3v) is 5.64. The van der Waals surface area contributed by atoms with Crippen molar-refractivity contribution in [3.63, 3.8) is 0 Å². The number of pyridine rings is 1. The van der Waals surface area contributed by atoms with Crippen LogP contribution in [0.2, 0.25) is 0 Å². The Morgan fingerprint density at radius 2 is 2.00 bits per heavy atom. The zero-order valence-electron chi connectivity index (χ0n) is 16.3. The minimum atomic E-state index is -0.0960. The molecule has 1 saturated carbocycles. The lowest BCUT2D eigenvalue weighted by Gasteiger charge is -2.28. The van der Waals surface area contributed by atoms with E-state index in [2.05, 4.69) is 15.2 Å². The van der Waals surface area contributed by atoms with Gasteiger partial charge in [0.2, 0.25) is 5.88 Å². The molecule has 1 saturated heterocycles. The number of ether oxygens (including phenoxy) is 2. The van der Waals surface area contributed by atoms with Crippen LogP contribution >= 0.6 is 0 Å². The van der Waals surface area contributed by atoms with Gasteiger partial charge >= 0.3 is 5.97 Å². The largest absolute Gasteiger partial charge is 0.476 e. The fourth-order valence-electron chi connectivity index (χ4n) is 3.97. The number of nitrogen functional groups attached to an aromatic ring is 1. The summed E-state index contributed by atoms with van der Waals surface area (Å²) < 4.78 is 10.7. The first-order valence-electron chi connectivity index (χ1n) is 10.1. The van der Waals surface area contributed by atoms with Crippen LogP contribution in [0.15, 0.2) is 12.3 Å². The SMILES string of the molecule is COC(=O)[C@H]1CC[C@@H](Nc2cc(OCCN3CCCCC3)ncc2N)CC1. The maximum Gasteiger partial charge on any atom is 0.308 e. The summed E-state index contributed by atoms with van der Waals surface area (Å²) in [6.45, 7) is 3.91. The normalized spacial score (nSPS) is 23.6. The number of esters is 1. The van der Waals surface area contributed by atoms with E-state index in [1.807, 2.05) is 6.07 Å². The topological polar surface area (TPSA) is 89.7 Å². The molecule has 7 heteroatoms. The Bertz CT molecular complexity index is 611. The predicted molar refractivity (Wildman–Crippen MR) is 106 cm³/mol. The molecule has 0 aromatic carbocycles. The Hall–Kier alpha value is -2.02. The number of carbonyl (C=O) groups is 1. The van der Waals surface area contributed by atoms with Gasteiger partial charge in [0, 0.05) is 18.7 Å². The van der Waals surface area contributed by atoms with E-state index >= 15 is 0 Å².